The molecule has 1 unspecified atom stereocenters. The first-order valence-corrected chi connectivity index (χ1v) is 12.2. The molecule has 0 aromatic heterocycles. The van der Waals surface area contributed by atoms with E-state index < -0.39 is 21.6 Å². The Hall–Kier alpha value is -0.376. The Labute approximate surface area is 96.1 Å². The van der Waals surface area contributed by atoms with Crippen LogP contribution < -0.4 is 0 Å². The van der Waals surface area contributed by atoms with Crippen LogP contribution in [0, 0.1) is 11.3 Å². The zero-order valence-electron chi connectivity index (χ0n) is 10.8. The van der Waals surface area contributed by atoms with E-state index in [1.54, 1.807) is 0 Å². The third kappa shape index (κ3) is 3.94. The third-order valence-corrected chi connectivity index (χ3v) is 6.31. The van der Waals surface area contributed by atoms with Crippen molar-refractivity contribution in [3.8, 4) is 6.07 Å². The third-order valence-electron chi connectivity index (χ3n) is 2.30. The summed E-state index contributed by atoms with van der Waals surface area (Å²) in [6.07, 6.45) is 2.45. The van der Waals surface area contributed by atoms with E-state index in [1.807, 2.05) is 6.08 Å². The summed E-state index contributed by atoms with van der Waals surface area (Å²) in [4.78, 5) is 0. The highest BCUT2D eigenvalue weighted by Gasteiger charge is 2.46. The van der Waals surface area contributed by atoms with Gasteiger partial charge in [0.1, 0.15) is 5.22 Å². The second-order valence-electron chi connectivity index (χ2n) is 5.90. The van der Waals surface area contributed by atoms with Crippen LogP contribution in [0.25, 0.3) is 0 Å². The highest BCUT2D eigenvalue weighted by molar-refractivity contribution is 6.81. The Morgan fingerprint density at radius 2 is 1.73 bits per heavy atom. The van der Waals surface area contributed by atoms with Crippen molar-refractivity contribution in [3.63, 3.8) is 0 Å². The summed E-state index contributed by atoms with van der Waals surface area (Å²) >= 11 is 0. The predicted octanol–water partition coefficient (Wildman–Crippen LogP) is 3.55. The number of hydrogen-bond donors (Lipinski definition) is 0. The van der Waals surface area contributed by atoms with Gasteiger partial charge in [-0.15, -0.1) is 6.58 Å². The first-order chi connectivity index (χ1) is 6.58. The maximum absolute atomic E-state index is 9.44. The van der Waals surface area contributed by atoms with E-state index in [2.05, 4.69) is 51.9 Å². The van der Waals surface area contributed by atoms with Gasteiger partial charge in [0, 0.05) is 6.42 Å². The molecule has 0 N–H and O–H groups in total. The van der Waals surface area contributed by atoms with Crippen LogP contribution in [0.4, 0.5) is 0 Å². The van der Waals surface area contributed by atoms with E-state index in [1.165, 1.54) is 0 Å². The molecular weight excluding hydrogens is 218 g/mol. The summed E-state index contributed by atoms with van der Waals surface area (Å²) < 4.78 is 6.15. The van der Waals surface area contributed by atoms with Gasteiger partial charge < -0.3 is 4.43 Å². The van der Waals surface area contributed by atoms with Crippen molar-refractivity contribution in [2.24, 2.45) is 0 Å². The first kappa shape index (κ1) is 14.6. The minimum atomic E-state index is -1.70. The predicted molar refractivity (Wildman–Crippen MR) is 70.9 cm³/mol. The van der Waals surface area contributed by atoms with Crippen molar-refractivity contribution < 1.29 is 4.43 Å². The van der Waals surface area contributed by atoms with Crippen molar-refractivity contribution in [2.75, 3.05) is 0 Å². The second kappa shape index (κ2) is 4.64. The van der Waals surface area contributed by atoms with Gasteiger partial charge in [-0.05, 0) is 19.6 Å². The maximum atomic E-state index is 9.44. The number of rotatable bonds is 5. The quantitative estimate of drug-likeness (QED) is 0.545. The van der Waals surface area contributed by atoms with Crippen LogP contribution in [0.15, 0.2) is 12.7 Å². The Morgan fingerprint density at radius 3 is 1.93 bits per heavy atom. The van der Waals surface area contributed by atoms with E-state index in [9.17, 15) is 5.26 Å². The lowest BCUT2D eigenvalue weighted by atomic mass is 10.3. The molecule has 2 nitrogen and oxygen atoms in total. The SMILES string of the molecule is C=CCC(C#N)(O[Si](C)(C)C)[Si](C)(C)C. The van der Waals surface area contributed by atoms with Crippen LogP contribution in [0.1, 0.15) is 6.42 Å². The van der Waals surface area contributed by atoms with Crippen LogP contribution in [0.2, 0.25) is 39.3 Å². The Morgan fingerprint density at radius 1 is 1.27 bits per heavy atom. The molecule has 0 rings (SSSR count). The van der Waals surface area contributed by atoms with Crippen LogP contribution in [0.3, 0.4) is 0 Å². The first-order valence-electron chi connectivity index (χ1n) is 5.30. The molecule has 0 aliphatic heterocycles. The van der Waals surface area contributed by atoms with Gasteiger partial charge in [-0.3, -0.25) is 0 Å². The fourth-order valence-electron chi connectivity index (χ4n) is 1.46. The summed E-state index contributed by atoms with van der Waals surface area (Å²) in [6.45, 7) is 16.7. The van der Waals surface area contributed by atoms with E-state index in [0.29, 0.717) is 6.42 Å². The lowest BCUT2D eigenvalue weighted by molar-refractivity contribution is 0.197. The molecule has 0 saturated carbocycles. The zero-order chi connectivity index (χ0) is 12.3. The highest BCUT2D eigenvalue weighted by Crippen LogP contribution is 2.31. The fourth-order valence-corrected chi connectivity index (χ4v) is 5.87. The summed E-state index contributed by atoms with van der Waals surface area (Å²) in [5.74, 6) is 0. The molecule has 0 aliphatic carbocycles. The average molecular weight is 241 g/mol. The molecule has 0 aromatic carbocycles. The van der Waals surface area contributed by atoms with Gasteiger partial charge in [-0.25, -0.2) is 0 Å². The Kier molecular flexibility index (Phi) is 4.53. The summed E-state index contributed by atoms with van der Waals surface area (Å²) in [5, 5.41) is 8.84. The van der Waals surface area contributed by atoms with Gasteiger partial charge in [-0.1, -0.05) is 25.7 Å². The molecule has 0 saturated heterocycles. The van der Waals surface area contributed by atoms with Gasteiger partial charge in [0.25, 0.3) is 0 Å². The molecule has 0 radical (unpaired) electrons. The lowest BCUT2D eigenvalue weighted by Gasteiger charge is -2.41. The van der Waals surface area contributed by atoms with Crippen LogP contribution in [0.5, 0.6) is 0 Å². The van der Waals surface area contributed by atoms with E-state index >= 15 is 0 Å². The van der Waals surface area contributed by atoms with Crippen molar-refractivity contribution in [2.45, 2.75) is 50.9 Å². The van der Waals surface area contributed by atoms with Gasteiger partial charge in [0.05, 0.1) is 14.1 Å². The van der Waals surface area contributed by atoms with Gasteiger partial charge >= 0.3 is 0 Å². The van der Waals surface area contributed by atoms with Crippen LogP contribution in [-0.4, -0.2) is 21.6 Å². The van der Waals surface area contributed by atoms with E-state index in [4.69, 9.17) is 4.43 Å². The highest BCUT2D eigenvalue weighted by atomic mass is 28.4. The van der Waals surface area contributed by atoms with Gasteiger partial charge in [-0.2, -0.15) is 5.26 Å². The normalized spacial score (nSPS) is 16.6. The molecule has 0 aliphatic rings. The molecule has 1 atom stereocenters. The average Bonchev–Trinajstić information content (AvgIpc) is 1.98. The van der Waals surface area contributed by atoms with Gasteiger partial charge in [0.15, 0.2) is 8.32 Å². The largest absolute Gasteiger partial charge is 0.402 e. The van der Waals surface area contributed by atoms with Crippen molar-refractivity contribution in [1.82, 2.24) is 0 Å². The standard InChI is InChI=1S/C11H23NOSi2/c1-8-9-11(10-12,14(2,3)4)13-15(5,6)7/h8H,1,9H2,2-7H3. The number of nitrogens with zero attached hydrogens (tertiary/aromatic N) is 1. The molecule has 0 bridgehead atoms. The molecular formula is C11H23NOSi2. The minimum absolute atomic E-state index is 0.598. The smallest absolute Gasteiger partial charge is 0.185 e. The topological polar surface area (TPSA) is 33.0 Å². The Bertz CT molecular complexity index is 270. The van der Waals surface area contributed by atoms with Gasteiger partial charge in [0.2, 0.25) is 0 Å². The molecule has 0 spiro atoms. The van der Waals surface area contributed by atoms with Crippen LogP contribution >= 0.6 is 0 Å². The number of nitriles is 1. The molecule has 0 aromatic rings. The van der Waals surface area contributed by atoms with Crippen molar-refractivity contribution in [1.29, 1.82) is 5.26 Å². The monoisotopic (exact) mass is 241 g/mol. The molecule has 0 heterocycles. The fraction of sp³-hybridized carbons (Fsp3) is 0.727. The molecule has 0 amide bonds. The summed E-state index contributed by atoms with van der Waals surface area (Å²) in [7, 11) is -3.38. The van der Waals surface area contributed by atoms with Crippen LogP contribution in [-0.2, 0) is 4.43 Å². The molecule has 86 valence electrons. The second-order valence-corrected chi connectivity index (χ2v) is 15.6. The Balaban J connectivity index is 5.20. The molecule has 15 heavy (non-hydrogen) atoms. The lowest BCUT2D eigenvalue weighted by Crippen LogP contribution is -2.57. The zero-order valence-corrected chi connectivity index (χ0v) is 12.8. The van der Waals surface area contributed by atoms with E-state index in [0.717, 1.165) is 0 Å². The summed E-state index contributed by atoms with van der Waals surface area (Å²) in [5.41, 5.74) is 0. The minimum Gasteiger partial charge on any atom is -0.402 e. The molecule has 0 fully saturated rings. The van der Waals surface area contributed by atoms with Crippen molar-refractivity contribution >= 4 is 16.4 Å². The van der Waals surface area contributed by atoms with Crippen molar-refractivity contribution in [3.05, 3.63) is 12.7 Å². The maximum Gasteiger partial charge on any atom is 0.185 e. The number of hydrogen-bond acceptors (Lipinski definition) is 2. The van der Waals surface area contributed by atoms with E-state index in [-0.39, 0.29) is 0 Å². The summed E-state index contributed by atoms with van der Waals surface area (Å²) in [6, 6.07) is 2.42. The molecule has 4 heteroatoms.